The molecule has 0 spiro atoms. The molecule has 2 unspecified atom stereocenters. The molecule has 0 radical (unpaired) electrons. The largest absolute Gasteiger partial charge is 0.393 e. The molecule has 0 saturated carbocycles. The molecule has 2 heteroatoms. The second-order valence-corrected chi connectivity index (χ2v) is 5.30. The van der Waals surface area contributed by atoms with E-state index in [1.54, 1.807) is 0 Å². The molecule has 2 rings (SSSR count). The molecule has 2 N–H and O–H groups in total. The SMILES string of the molecule is CC(O)CCNC(C)c1ccc(-c2ccccc2)cc1. The Kier molecular flexibility index (Phi) is 5.33. The van der Waals surface area contributed by atoms with Crippen molar-refractivity contribution in [2.45, 2.75) is 32.4 Å². The van der Waals surface area contributed by atoms with Crippen LogP contribution in [0.25, 0.3) is 11.1 Å². The summed E-state index contributed by atoms with van der Waals surface area (Å²) < 4.78 is 0. The van der Waals surface area contributed by atoms with E-state index in [4.69, 9.17) is 0 Å². The maximum absolute atomic E-state index is 9.26. The van der Waals surface area contributed by atoms with Crippen LogP contribution in [-0.4, -0.2) is 17.8 Å². The zero-order valence-corrected chi connectivity index (χ0v) is 12.2. The second kappa shape index (κ2) is 7.22. The molecule has 0 aliphatic rings. The average molecular weight is 269 g/mol. The van der Waals surface area contributed by atoms with Gasteiger partial charge in [-0.1, -0.05) is 54.6 Å². The van der Waals surface area contributed by atoms with E-state index in [1.807, 2.05) is 13.0 Å². The zero-order valence-electron chi connectivity index (χ0n) is 12.2. The van der Waals surface area contributed by atoms with Crippen molar-refractivity contribution in [3.8, 4) is 11.1 Å². The van der Waals surface area contributed by atoms with Crippen LogP contribution in [0.3, 0.4) is 0 Å². The molecule has 2 nitrogen and oxygen atoms in total. The number of nitrogens with one attached hydrogen (secondary N) is 1. The van der Waals surface area contributed by atoms with Gasteiger partial charge in [0.25, 0.3) is 0 Å². The van der Waals surface area contributed by atoms with E-state index in [1.165, 1.54) is 16.7 Å². The van der Waals surface area contributed by atoms with Gasteiger partial charge in [-0.25, -0.2) is 0 Å². The van der Waals surface area contributed by atoms with E-state index < -0.39 is 0 Å². The van der Waals surface area contributed by atoms with Crippen molar-refractivity contribution in [1.29, 1.82) is 0 Å². The van der Waals surface area contributed by atoms with Gasteiger partial charge in [0.15, 0.2) is 0 Å². The van der Waals surface area contributed by atoms with E-state index in [-0.39, 0.29) is 6.10 Å². The van der Waals surface area contributed by atoms with Crippen molar-refractivity contribution in [3.05, 3.63) is 60.2 Å². The first kappa shape index (κ1) is 14.8. The smallest absolute Gasteiger partial charge is 0.0524 e. The lowest BCUT2D eigenvalue weighted by Gasteiger charge is -2.15. The number of aliphatic hydroxyl groups is 1. The van der Waals surface area contributed by atoms with Gasteiger partial charge in [0, 0.05) is 6.04 Å². The van der Waals surface area contributed by atoms with Crippen molar-refractivity contribution >= 4 is 0 Å². The summed E-state index contributed by atoms with van der Waals surface area (Å²) in [4.78, 5) is 0. The molecule has 2 atom stereocenters. The van der Waals surface area contributed by atoms with Gasteiger partial charge < -0.3 is 10.4 Å². The highest BCUT2D eigenvalue weighted by molar-refractivity contribution is 5.63. The monoisotopic (exact) mass is 269 g/mol. The number of benzene rings is 2. The molecule has 0 aliphatic carbocycles. The molecule has 0 bridgehead atoms. The van der Waals surface area contributed by atoms with Crippen molar-refractivity contribution in [2.24, 2.45) is 0 Å². The average Bonchev–Trinajstić information content (AvgIpc) is 2.48. The summed E-state index contributed by atoms with van der Waals surface area (Å²) in [5, 5.41) is 12.7. The highest BCUT2D eigenvalue weighted by atomic mass is 16.3. The van der Waals surface area contributed by atoms with Crippen LogP contribution in [-0.2, 0) is 0 Å². The van der Waals surface area contributed by atoms with E-state index in [9.17, 15) is 5.11 Å². The van der Waals surface area contributed by atoms with E-state index in [0.717, 1.165) is 13.0 Å². The third-order valence-electron chi connectivity index (χ3n) is 3.53. The number of aliphatic hydroxyl groups excluding tert-OH is 1. The van der Waals surface area contributed by atoms with Crippen LogP contribution in [0.15, 0.2) is 54.6 Å². The van der Waals surface area contributed by atoms with Crippen LogP contribution in [0.5, 0.6) is 0 Å². The fourth-order valence-corrected chi connectivity index (χ4v) is 2.22. The molecule has 20 heavy (non-hydrogen) atoms. The first-order valence-electron chi connectivity index (χ1n) is 7.23. The predicted molar refractivity (Wildman–Crippen MR) is 84.6 cm³/mol. The minimum Gasteiger partial charge on any atom is -0.393 e. The van der Waals surface area contributed by atoms with Crippen LogP contribution in [0.4, 0.5) is 0 Å². The van der Waals surface area contributed by atoms with Gasteiger partial charge in [-0.05, 0) is 43.5 Å². The zero-order chi connectivity index (χ0) is 14.4. The summed E-state index contributed by atoms with van der Waals surface area (Å²) in [7, 11) is 0. The number of hydrogen-bond donors (Lipinski definition) is 2. The quantitative estimate of drug-likeness (QED) is 0.836. The Hall–Kier alpha value is -1.64. The van der Waals surface area contributed by atoms with Gasteiger partial charge >= 0.3 is 0 Å². The molecular formula is C18H23NO. The highest BCUT2D eigenvalue weighted by Crippen LogP contribution is 2.21. The molecule has 0 heterocycles. The van der Waals surface area contributed by atoms with Crippen LogP contribution < -0.4 is 5.32 Å². The third kappa shape index (κ3) is 4.19. The summed E-state index contributed by atoms with van der Waals surface area (Å²) in [5.41, 5.74) is 3.76. The summed E-state index contributed by atoms with van der Waals surface area (Å²) in [6, 6.07) is 19.4. The number of rotatable bonds is 6. The van der Waals surface area contributed by atoms with Crippen LogP contribution in [0.1, 0.15) is 31.9 Å². The molecule has 0 amide bonds. The van der Waals surface area contributed by atoms with E-state index in [0.29, 0.717) is 6.04 Å². The van der Waals surface area contributed by atoms with E-state index in [2.05, 4.69) is 60.8 Å². The first-order chi connectivity index (χ1) is 9.66. The predicted octanol–water partition coefficient (Wildman–Crippen LogP) is 3.78. The van der Waals surface area contributed by atoms with Crippen LogP contribution >= 0.6 is 0 Å². The lowest BCUT2D eigenvalue weighted by molar-refractivity contribution is 0.182. The van der Waals surface area contributed by atoms with Crippen molar-refractivity contribution in [3.63, 3.8) is 0 Å². The fourth-order valence-electron chi connectivity index (χ4n) is 2.22. The minimum atomic E-state index is -0.241. The molecule has 0 saturated heterocycles. The maximum atomic E-state index is 9.26. The molecule has 0 aromatic heterocycles. The van der Waals surface area contributed by atoms with Gasteiger partial charge in [-0.2, -0.15) is 0 Å². The summed E-state index contributed by atoms with van der Waals surface area (Å²) in [6.07, 6.45) is 0.544. The standard InChI is InChI=1S/C18H23NO/c1-14(20)12-13-19-15(2)16-8-10-18(11-9-16)17-6-4-3-5-7-17/h3-11,14-15,19-20H,12-13H2,1-2H3. The molecule has 0 fully saturated rings. The lowest BCUT2D eigenvalue weighted by atomic mass is 10.0. The molecule has 2 aromatic rings. The van der Waals surface area contributed by atoms with Gasteiger partial charge in [0.1, 0.15) is 0 Å². The van der Waals surface area contributed by atoms with E-state index >= 15 is 0 Å². The summed E-state index contributed by atoms with van der Waals surface area (Å²) in [6.45, 7) is 4.81. The Morgan fingerprint density at radius 2 is 1.50 bits per heavy atom. The van der Waals surface area contributed by atoms with Crippen LogP contribution in [0.2, 0.25) is 0 Å². The Labute approximate surface area is 121 Å². The van der Waals surface area contributed by atoms with Gasteiger partial charge in [-0.15, -0.1) is 0 Å². The van der Waals surface area contributed by atoms with Crippen molar-refractivity contribution in [1.82, 2.24) is 5.32 Å². The maximum Gasteiger partial charge on any atom is 0.0524 e. The first-order valence-corrected chi connectivity index (χ1v) is 7.23. The molecule has 106 valence electrons. The minimum absolute atomic E-state index is 0.241. The van der Waals surface area contributed by atoms with Gasteiger partial charge in [0.2, 0.25) is 0 Å². The van der Waals surface area contributed by atoms with Crippen molar-refractivity contribution in [2.75, 3.05) is 6.54 Å². The Bertz CT molecular complexity index is 505. The summed E-state index contributed by atoms with van der Waals surface area (Å²) >= 11 is 0. The Morgan fingerprint density at radius 3 is 2.10 bits per heavy atom. The third-order valence-corrected chi connectivity index (χ3v) is 3.53. The lowest BCUT2D eigenvalue weighted by Crippen LogP contribution is -2.22. The van der Waals surface area contributed by atoms with Crippen molar-refractivity contribution < 1.29 is 5.11 Å². The normalized spacial score (nSPS) is 13.9. The fraction of sp³-hybridized carbons (Fsp3) is 0.333. The molecule has 0 aliphatic heterocycles. The van der Waals surface area contributed by atoms with Gasteiger partial charge in [-0.3, -0.25) is 0 Å². The van der Waals surface area contributed by atoms with Crippen LogP contribution in [0, 0.1) is 0 Å². The second-order valence-electron chi connectivity index (χ2n) is 5.30. The molecule has 2 aromatic carbocycles. The Morgan fingerprint density at radius 1 is 0.900 bits per heavy atom. The topological polar surface area (TPSA) is 32.3 Å². The summed E-state index contributed by atoms with van der Waals surface area (Å²) in [5.74, 6) is 0. The molecular weight excluding hydrogens is 246 g/mol. The number of hydrogen-bond acceptors (Lipinski definition) is 2. The Balaban J connectivity index is 1.97. The highest BCUT2D eigenvalue weighted by Gasteiger charge is 2.05. The van der Waals surface area contributed by atoms with Gasteiger partial charge in [0.05, 0.1) is 6.10 Å².